The summed E-state index contributed by atoms with van der Waals surface area (Å²) in [5, 5.41) is 12.4. The molecule has 0 atom stereocenters. The Balaban J connectivity index is 1.93. The summed E-state index contributed by atoms with van der Waals surface area (Å²) in [5.41, 5.74) is 0. The molecule has 88 valence electrons. The first kappa shape index (κ1) is 11.1. The first-order valence-electron chi connectivity index (χ1n) is 5.80. The third-order valence-corrected chi connectivity index (χ3v) is 3.00. The van der Waals surface area contributed by atoms with Gasteiger partial charge in [-0.3, -0.25) is 4.79 Å². The van der Waals surface area contributed by atoms with E-state index in [2.05, 4.69) is 10.1 Å². The Morgan fingerprint density at radius 1 is 1.38 bits per heavy atom. The molecule has 1 aromatic heterocycles. The van der Waals surface area contributed by atoms with Gasteiger partial charge in [0.15, 0.2) is 5.82 Å². The number of hydrogen-bond acceptors (Lipinski definition) is 4. The fourth-order valence-corrected chi connectivity index (χ4v) is 2.10. The van der Waals surface area contributed by atoms with Crippen LogP contribution in [-0.2, 0) is 11.2 Å². The Labute approximate surface area is 93.9 Å². The molecule has 0 radical (unpaired) electrons. The summed E-state index contributed by atoms with van der Waals surface area (Å²) >= 11 is 0. The summed E-state index contributed by atoms with van der Waals surface area (Å²) in [5.74, 6) is 0.770. The minimum absolute atomic E-state index is 0.0592. The average Bonchev–Trinajstić information content (AvgIpc) is 2.76. The van der Waals surface area contributed by atoms with E-state index in [0.717, 1.165) is 12.8 Å². The lowest BCUT2D eigenvalue weighted by Gasteiger charge is -2.17. The van der Waals surface area contributed by atoms with E-state index in [1.165, 1.54) is 19.3 Å². The minimum Gasteiger partial charge on any atom is -0.481 e. The number of carbonyl (C=O) groups is 1. The molecule has 0 unspecified atom stereocenters. The van der Waals surface area contributed by atoms with Crippen molar-refractivity contribution in [1.29, 1.82) is 0 Å². The standard InChI is InChI=1S/C11H16N2O3/c14-10(15)7-6-9-12-11(16-13-9)8-4-2-1-3-5-8/h8H,1-7H2,(H,14,15). The summed E-state index contributed by atoms with van der Waals surface area (Å²) in [4.78, 5) is 14.7. The molecule has 1 aromatic rings. The Morgan fingerprint density at radius 2 is 2.12 bits per heavy atom. The third kappa shape index (κ3) is 2.81. The predicted octanol–water partition coefficient (Wildman–Crippen LogP) is 2.13. The van der Waals surface area contributed by atoms with E-state index in [1.54, 1.807) is 0 Å². The van der Waals surface area contributed by atoms with Gasteiger partial charge in [0.05, 0.1) is 6.42 Å². The number of hydrogen-bond donors (Lipinski definition) is 1. The van der Waals surface area contributed by atoms with Gasteiger partial charge in [0.2, 0.25) is 5.89 Å². The largest absolute Gasteiger partial charge is 0.481 e. The molecule has 16 heavy (non-hydrogen) atoms. The second-order valence-corrected chi connectivity index (χ2v) is 4.28. The summed E-state index contributed by atoms with van der Waals surface area (Å²) in [6.45, 7) is 0. The molecule has 1 aliphatic carbocycles. The summed E-state index contributed by atoms with van der Waals surface area (Å²) in [7, 11) is 0. The molecule has 1 N–H and O–H groups in total. The molecule has 0 aliphatic heterocycles. The van der Waals surface area contributed by atoms with Crippen LogP contribution in [0.15, 0.2) is 4.52 Å². The van der Waals surface area contributed by atoms with Crippen molar-refractivity contribution in [1.82, 2.24) is 10.1 Å². The summed E-state index contributed by atoms with van der Waals surface area (Å²) < 4.78 is 5.18. The van der Waals surface area contributed by atoms with Crippen LogP contribution in [0.25, 0.3) is 0 Å². The Bertz CT molecular complexity index is 356. The highest BCUT2D eigenvalue weighted by Crippen LogP contribution is 2.31. The maximum Gasteiger partial charge on any atom is 0.303 e. The van der Waals surface area contributed by atoms with E-state index in [-0.39, 0.29) is 6.42 Å². The second-order valence-electron chi connectivity index (χ2n) is 4.28. The molecule has 2 rings (SSSR count). The van der Waals surface area contributed by atoms with E-state index >= 15 is 0 Å². The highest BCUT2D eigenvalue weighted by Gasteiger charge is 2.21. The van der Waals surface area contributed by atoms with Crippen LogP contribution >= 0.6 is 0 Å². The van der Waals surface area contributed by atoms with E-state index in [9.17, 15) is 4.79 Å². The zero-order valence-electron chi connectivity index (χ0n) is 9.19. The van der Waals surface area contributed by atoms with Crippen molar-refractivity contribution < 1.29 is 14.4 Å². The van der Waals surface area contributed by atoms with Crippen molar-refractivity contribution in [2.45, 2.75) is 50.9 Å². The topological polar surface area (TPSA) is 76.2 Å². The Morgan fingerprint density at radius 3 is 2.81 bits per heavy atom. The van der Waals surface area contributed by atoms with Crippen LogP contribution < -0.4 is 0 Å². The van der Waals surface area contributed by atoms with Crippen LogP contribution in [0.5, 0.6) is 0 Å². The van der Waals surface area contributed by atoms with Crippen LogP contribution in [0.4, 0.5) is 0 Å². The number of nitrogens with zero attached hydrogens (tertiary/aromatic N) is 2. The average molecular weight is 224 g/mol. The zero-order valence-corrected chi connectivity index (χ0v) is 9.19. The number of carboxylic acids is 1. The van der Waals surface area contributed by atoms with Gasteiger partial charge >= 0.3 is 5.97 Å². The van der Waals surface area contributed by atoms with E-state index in [4.69, 9.17) is 9.63 Å². The van der Waals surface area contributed by atoms with Crippen LogP contribution in [0.1, 0.15) is 56.2 Å². The lowest BCUT2D eigenvalue weighted by Crippen LogP contribution is -2.05. The van der Waals surface area contributed by atoms with E-state index in [0.29, 0.717) is 24.1 Å². The van der Waals surface area contributed by atoms with Gasteiger partial charge in [0.1, 0.15) is 0 Å². The van der Waals surface area contributed by atoms with Gasteiger partial charge in [-0.1, -0.05) is 24.4 Å². The van der Waals surface area contributed by atoms with Crippen molar-refractivity contribution in [3.05, 3.63) is 11.7 Å². The normalized spacial score (nSPS) is 17.5. The molecule has 1 aliphatic rings. The maximum atomic E-state index is 10.4. The van der Waals surface area contributed by atoms with Crippen molar-refractivity contribution in [2.24, 2.45) is 0 Å². The highest BCUT2D eigenvalue weighted by atomic mass is 16.5. The lowest BCUT2D eigenvalue weighted by atomic mass is 9.89. The van der Waals surface area contributed by atoms with E-state index in [1.807, 2.05) is 0 Å². The molecule has 1 heterocycles. The van der Waals surface area contributed by atoms with Crippen LogP contribution in [-0.4, -0.2) is 21.2 Å². The number of carboxylic acid groups (broad SMARTS) is 1. The van der Waals surface area contributed by atoms with Gasteiger partial charge in [-0.05, 0) is 12.8 Å². The number of rotatable bonds is 4. The molecule has 5 heteroatoms. The number of aryl methyl sites for hydroxylation is 1. The first-order valence-corrected chi connectivity index (χ1v) is 5.80. The van der Waals surface area contributed by atoms with Gasteiger partial charge in [0.25, 0.3) is 0 Å². The second kappa shape index (κ2) is 5.09. The predicted molar refractivity (Wildman–Crippen MR) is 56.1 cm³/mol. The van der Waals surface area contributed by atoms with E-state index < -0.39 is 5.97 Å². The molecule has 1 fully saturated rings. The minimum atomic E-state index is -0.830. The van der Waals surface area contributed by atoms with Gasteiger partial charge in [-0.2, -0.15) is 4.98 Å². The fourth-order valence-electron chi connectivity index (χ4n) is 2.10. The van der Waals surface area contributed by atoms with Gasteiger partial charge in [0, 0.05) is 12.3 Å². The molecule has 0 saturated heterocycles. The molecule has 0 amide bonds. The molecular formula is C11H16N2O3. The fraction of sp³-hybridized carbons (Fsp3) is 0.727. The van der Waals surface area contributed by atoms with Crippen LogP contribution in [0.3, 0.4) is 0 Å². The quantitative estimate of drug-likeness (QED) is 0.847. The smallest absolute Gasteiger partial charge is 0.303 e. The maximum absolute atomic E-state index is 10.4. The Hall–Kier alpha value is -1.39. The lowest BCUT2D eigenvalue weighted by molar-refractivity contribution is -0.137. The zero-order chi connectivity index (χ0) is 11.4. The van der Waals surface area contributed by atoms with Crippen molar-refractivity contribution in [3.63, 3.8) is 0 Å². The van der Waals surface area contributed by atoms with Crippen LogP contribution in [0.2, 0.25) is 0 Å². The van der Waals surface area contributed by atoms with Gasteiger partial charge < -0.3 is 9.63 Å². The molecule has 5 nitrogen and oxygen atoms in total. The molecule has 0 aromatic carbocycles. The van der Waals surface area contributed by atoms with Crippen LogP contribution in [0, 0.1) is 0 Å². The van der Waals surface area contributed by atoms with Crippen molar-refractivity contribution in [2.75, 3.05) is 0 Å². The summed E-state index contributed by atoms with van der Waals surface area (Å²) in [6.07, 6.45) is 6.36. The first-order chi connectivity index (χ1) is 7.75. The SMILES string of the molecule is O=C(O)CCc1noc(C2CCCCC2)n1. The molecule has 0 bridgehead atoms. The van der Waals surface area contributed by atoms with Gasteiger partial charge in [-0.25, -0.2) is 0 Å². The molecule has 1 saturated carbocycles. The third-order valence-electron chi connectivity index (χ3n) is 3.00. The monoisotopic (exact) mass is 224 g/mol. The Kier molecular flexibility index (Phi) is 3.54. The number of aliphatic carboxylic acids is 1. The highest BCUT2D eigenvalue weighted by molar-refractivity contribution is 5.66. The summed E-state index contributed by atoms with van der Waals surface area (Å²) in [6, 6.07) is 0. The van der Waals surface area contributed by atoms with Gasteiger partial charge in [-0.15, -0.1) is 0 Å². The van der Waals surface area contributed by atoms with Crippen molar-refractivity contribution >= 4 is 5.97 Å². The molecule has 0 spiro atoms. The van der Waals surface area contributed by atoms with Crippen molar-refractivity contribution in [3.8, 4) is 0 Å². The number of aromatic nitrogens is 2. The molecular weight excluding hydrogens is 208 g/mol.